The molecule has 5 rings (SSSR count). The molecule has 0 bridgehead atoms. The van der Waals surface area contributed by atoms with Crippen molar-refractivity contribution in [3.8, 4) is 10.4 Å². The number of aliphatic hydroxyl groups is 1. The van der Waals surface area contributed by atoms with Gasteiger partial charge in [0.05, 0.1) is 17.5 Å². The Balaban J connectivity index is 1.70. The second-order valence-corrected chi connectivity index (χ2v) is 13.0. The zero-order valence-corrected chi connectivity index (χ0v) is 27.5. The van der Waals surface area contributed by atoms with Crippen molar-refractivity contribution in [1.82, 2.24) is 9.47 Å². The summed E-state index contributed by atoms with van der Waals surface area (Å²) in [6, 6.07) is 20.6. The van der Waals surface area contributed by atoms with Gasteiger partial charge in [-0.3, -0.25) is 19.3 Å². The van der Waals surface area contributed by atoms with Gasteiger partial charge in [-0.15, -0.1) is 11.3 Å². The molecule has 0 aliphatic rings. The number of amides is 1. The van der Waals surface area contributed by atoms with Crippen LogP contribution in [0.3, 0.4) is 0 Å². The molecule has 244 valence electrons. The molecule has 0 radical (unpaired) electrons. The number of carbonyl (C=O) groups is 2. The van der Waals surface area contributed by atoms with E-state index in [4.69, 9.17) is 0 Å². The molecule has 2 aromatic heterocycles. The number of hydrogen-bond donors (Lipinski definition) is 2. The third-order valence-electron chi connectivity index (χ3n) is 8.01. The fraction of sp³-hybridized carbons (Fsp3) is 0.270. The minimum Gasteiger partial charge on any atom is -0.383 e. The minimum absolute atomic E-state index is 0.0342. The third-order valence-corrected chi connectivity index (χ3v) is 9.33. The maximum absolute atomic E-state index is 14.9. The molecule has 0 saturated heterocycles. The van der Waals surface area contributed by atoms with Gasteiger partial charge in [-0.1, -0.05) is 69.3 Å². The Morgan fingerprint density at radius 1 is 0.936 bits per heavy atom. The van der Waals surface area contributed by atoms with E-state index < -0.39 is 35.0 Å². The summed E-state index contributed by atoms with van der Waals surface area (Å²) >= 11 is 1.31. The normalized spacial score (nSPS) is 12.2. The molecule has 7 nitrogen and oxygen atoms in total. The van der Waals surface area contributed by atoms with Crippen LogP contribution in [0.5, 0.6) is 0 Å². The zero-order chi connectivity index (χ0) is 33.8. The second kappa shape index (κ2) is 14.5. The number of ketones is 1. The quantitative estimate of drug-likeness (QED) is 0.138. The monoisotopic (exact) mass is 657 g/mol. The van der Waals surface area contributed by atoms with Crippen molar-refractivity contribution in [1.29, 1.82) is 0 Å². The maximum Gasteiger partial charge on any atom is 0.253 e. The van der Waals surface area contributed by atoms with Gasteiger partial charge in [0.15, 0.2) is 5.78 Å². The third kappa shape index (κ3) is 7.40. The number of aliphatic hydroxyl groups excluding tert-OH is 1. The van der Waals surface area contributed by atoms with Crippen molar-refractivity contribution in [2.45, 2.75) is 52.9 Å². The summed E-state index contributed by atoms with van der Waals surface area (Å²) in [6.07, 6.45) is 0.576. The number of hydrogen-bond acceptors (Lipinski definition) is 6. The highest BCUT2D eigenvalue weighted by molar-refractivity contribution is 7.22. The fourth-order valence-electron chi connectivity index (χ4n) is 5.47. The lowest BCUT2D eigenvalue weighted by molar-refractivity contribution is -0.124. The molecule has 1 unspecified atom stereocenters. The molecule has 0 fully saturated rings. The average molecular weight is 658 g/mol. The first-order chi connectivity index (χ1) is 22.5. The van der Waals surface area contributed by atoms with E-state index in [-0.39, 0.29) is 29.9 Å². The number of nitrogens with zero attached hydrogens (tertiary/aromatic N) is 2. The van der Waals surface area contributed by atoms with Gasteiger partial charge in [-0.2, -0.15) is 0 Å². The van der Waals surface area contributed by atoms with Crippen molar-refractivity contribution in [3.63, 3.8) is 0 Å². The molecule has 0 spiro atoms. The van der Waals surface area contributed by atoms with E-state index in [0.717, 1.165) is 16.0 Å². The molecule has 47 heavy (non-hydrogen) atoms. The van der Waals surface area contributed by atoms with Gasteiger partial charge in [-0.05, 0) is 54.4 Å². The van der Waals surface area contributed by atoms with Gasteiger partial charge >= 0.3 is 0 Å². The molecule has 1 amide bonds. The number of nitrogens with one attached hydrogen (secondary N) is 1. The summed E-state index contributed by atoms with van der Waals surface area (Å²) < 4.78 is 31.4. The Bertz CT molecular complexity index is 1950. The lowest BCUT2D eigenvalue weighted by Gasteiger charge is -2.18. The van der Waals surface area contributed by atoms with Crippen LogP contribution in [0.4, 0.5) is 14.5 Å². The highest BCUT2D eigenvalue weighted by Gasteiger charge is 2.26. The fourth-order valence-corrected chi connectivity index (χ4v) is 6.76. The Kier molecular flexibility index (Phi) is 10.4. The first kappa shape index (κ1) is 33.8. The van der Waals surface area contributed by atoms with Crippen LogP contribution in [0.1, 0.15) is 54.2 Å². The van der Waals surface area contributed by atoms with Crippen LogP contribution in [0.2, 0.25) is 0 Å². The van der Waals surface area contributed by atoms with Crippen LogP contribution in [-0.2, 0) is 24.4 Å². The van der Waals surface area contributed by atoms with E-state index in [2.05, 4.69) is 10.2 Å². The average Bonchev–Trinajstić information content (AvgIpc) is 3.43. The highest BCUT2D eigenvalue weighted by Crippen LogP contribution is 2.39. The zero-order valence-electron chi connectivity index (χ0n) is 26.7. The van der Waals surface area contributed by atoms with Crippen LogP contribution in [0.15, 0.2) is 83.8 Å². The van der Waals surface area contributed by atoms with E-state index in [9.17, 15) is 28.3 Å². The van der Waals surface area contributed by atoms with Crippen molar-refractivity contribution in [2.75, 3.05) is 12.4 Å². The standard InChI is InChI=1S/C37H37F2N3O4S/c1-5-31(43)36(46)40-25-16-14-24(15-17-25)35-27(19-41(4)18-23-10-7-6-8-11-23)32-34(45)28(33(44)22(2)3)21-42(37(32)47-35)20-26-29(38)12-9-13-30(26)39/h6-17,21-22,31,43H,5,18-20H2,1-4H3,(H,40,46). The number of rotatable bonds is 12. The summed E-state index contributed by atoms with van der Waals surface area (Å²) in [7, 11) is 1.94. The topological polar surface area (TPSA) is 91.6 Å². The molecular weight excluding hydrogens is 620 g/mol. The summed E-state index contributed by atoms with van der Waals surface area (Å²) in [5, 5.41) is 12.9. The number of pyridine rings is 1. The lowest BCUT2D eigenvalue weighted by atomic mass is 9.99. The number of aromatic nitrogens is 1. The minimum atomic E-state index is -1.13. The number of anilines is 1. The van der Waals surface area contributed by atoms with Crippen LogP contribution in [-0.4, -0.2) is 39.4 Å². The maximum atomic E-state index is 14.9. The van der Waals surface area contributed by atoms with Crippen LogP contribution in [0.25, 0.3) is 20.7 Å². The van der Waals surface area contributed by atoms with Crippen molar-refractivity contribution < 1.29 is 23.5 Å². The van der Waals surface area contributed by atoms with Gasteiger partial charge in [0.1, 0.15) is 22.6 Å². The number of fused-ring (bicyclic) bond motifs is 1. The smallest absolute Gasteiger partial charge is 0.253 e. The second-order valence-electron chi connectivity index (χ2n) is 12.0. The van der Waals surface area contributed by atoms with E-state index in [1.54, 1.807) is 37.5 Å². The molecule has 1 atom stereocenters. The number of benzene rings is 3. The van der Waals surface area contributed by atoms with Gasteiger partial charge in [0.2, 0.25) is 5.43 Å². The van der Waals surface area contributed by atoms with Crippen LogP contribution < -0.4 is 10.7 Å². The summed E-state index contributed by atoms with van der Waals surface area (Å²) in [4.78, 5) is 43.2. The lowest BCUT2D eigenvalue weighted by Crippen LogP contribution is -2.26. The molecule has 5 aromatic rings. The Morgan fingerprint density at radius 2 is 1.60 bits per heavy atom. The first-order valence-electron chi connectivity index (χ1n) is 15.5. The number of thiophene rings is 1. The predicted octanol–water partition coefficient (Wildman–Crippen LogP) is 7.24. The van der Waals surface area contributed by atoms with Crippen LogP contribution in [0, 0.1) is 17.6 Å². The number of halogens is 2. The van der Waals surface area contributed by atoms with E-state index in [1.165, 1.54) is 35.7 Å². The van der Waals surface area contributed by atoms with E-state index in [0.29, 0.717) is 34.6 Å². The predicted molar refractivity (Wildman–Crippen MR) is 183 cm³/mol. The van der Waals surface area contributed by atoms with Gasteiger partial charge in [0, 0.05) is 41.3 Å². The Hall–Kier alpha value is -4.51. The Labute approximate surface area is 276 Å². The first-order valence-corrected chi connectivity index (χ1v) is 16.3. The largest absolute Gasteiger partial charge is 0.383 e. The van der Waals surface area contributed by atoms with Gasteiger partial charge in [-0.25, -0.2) is 8.78 Å². The molecule has 10 heteroatoms. The van der Waals surface area contributed by atoms with Crippen molar-refractivity contribution in [2.24, 2.45) is 5.92 Å². The molecule has 2 heterocycles. The number of carbonyl (C=O) groups excluding carboxylic acids is 2. The molecule has 2 N–H and O–H groups in total. The molecular formula is C37H37F2N3O4S. The summed E-state index contributed by atoms with van der Waals surface area (Å²) in [5.74, 6) is -2.79. The van der Waals surface area contributed by atoms with Gasteiger partial charge in [0.25, 0.3) is 5.91 Å². The Morgan fingerprint density at radius 3 is 2.21 bits per heavy atom. The van der Waals surface area contributed by atoms with Crippen molar-refractivity contribution in [3.05, 3.63) is 123 Å². The molecule has 0 aliphatic heterocycles. The molecule has 0 aliphatic carbocycles. The SMILES string of the molecule is CCC(O)C(=O)Nc1ccc(-c2sc3c(c2CN(C)Cc2ccccc2)c(=O)c(C(=O)C(C)C)cn3Cc2c(F)cccc2F)cc1. The van der Waals surface area contributed by atoms with Gasteiger partial charge < -0.3 is 15.0 Å². The summed E-state index contributed by atoms with van der Waals surface area (Å²) in [6.45, 7) is 5.83. The van der Waals surface area contributed by atoms with Crippen LogP contribution >= 0.6 is 11.3 Å². The molecule has 0 saturated carbocycles. The summed E-state index contributed by atoms with van der Waals surface area (Å²) in [5.41, 5.74) is 2.38. The van der Waals surface area contributed by atoms with Crippen molar-refractivity contribution >= 4 is 38.9 Å². The highest BCUT2D eigenvalue weighted by atomic mass is 32.1. The number of Topliss-reactive ketones (excluding diaryl/α,β-unsaturated/α-hetero) is 1. The van der Waals surface area contributed by atoms with E-state index in [1.807, 2.05) is 49.5 Å². The van der Waals surface area contributed by atoms with E-state index >= 15 is 0 Å². The molecule has 3 aromatic carbocycles.